The molecule has 2 rings (SSSR count). The molecule has 0 bridgehead atoms. The summed E-state index contributed by atoms with van der Waals surface area (Å²) < 4.78 is 9.81. The zero-order valence-corrected chi connectivity index (χ0v) is 20.5. The number of carbonyl (C=O) groups is 4. The molecule has 10 heteroatoms. The van der Waals surface area contributed by atoms with Gasteiger partial charge >= 0.3 is 12.1 Å². The van der Waals surface area contributed by atoms with Crippen LogP contribution in [0, 0.1) is 12.3 Å². The second kappa shape index (κ2) is 12.2. The summed E-state index contributed by atoms with van der Waals surface area (Å²) in [4.78, 5) is 52.4. The number of methoxy groups -OCH3 is 1. The second-order valence-corrected chi connectivity index (χ2v) is 9.14. The summed E-state index contributed by atoms with van der Waals surface area (Å²) in [5, 5.41) is 14.8. The standard InChI is InChI=1S/C25H33N3O7/c1-6-16-10-7-8-13-18(16)21(22(31)26-14-20(30)34-5)28(17-11-9-12-17)23(32)19(15-29)27-24(33)35-25(2,3)4/h1,7-8,10,13,17,19,21,29H,9,11-12,14-15H2,2-5H3,(H,26,31)(H,27,33). The van der Waals surface area contributed by atoms with Crippen molar-refractivity contribution in [3.63, 3.8) is 0 Å². The fourth-order valence-electron chi connectivity index (χ4n) is 3.61. The summed E-state index contributed by atoms with van der Waals surface area (Å²) in [6, 6.07) is 3.75. The van der Waals surface area contributed by atoms with E-state index in [4.69, 9.17) is 11.2 Å². The van der Waals surface area contributed by atoms with Gasteiger partial charge in [0.2, 0.25) is 11.8 Å². The zero-order chi connectivity index (χ0) is 26.2. The molecule has 190 valence electrons. The first-order valence-corrected chi connectivity index (χ1v) is 11.3. The number of ether oxygens (including phenoxy) is 2. The average Bonchev–Trinajstić information content (AvgIpc) is 2.77. The molecule has 3 N–H and O–H groups in total. The van der Waals surface area contributed by atoms with E-state index in [1.807, 2.05) is 0 Å². The smallest absolute Gasteiger partial charge is 0.408 e. The van der Waals surface area contributed by atoms with Crippen LogP contribution in [-0.4, -0.2) is 71.8 Å². The highest BCUT2D eigenvalue weighted by Gasteiger charge is 2.42. The lowest BCUT2D eigenvalue weighted by Crippen LogP contribution is -2.58. The molecule has 1 aromatic rings. The SMILES string of the molecule is C#Cc1ccccc1C(C(=O)NCC(=O)OC)N(C(=O)C(CO)NC(=O)OC(C)(C)C)C1CCC1. The molecule has 1 aromatic carbocycles. The number of hydrogen-bond donors (Lipinski definition) is 3. The molecule has 0 heterocycles. The van der Waals surface area contributed by atoms with Crippen LogP contribution in [0.4, 0.5) is 4.79 Å². The van der Waals surface area contributed by atoms with Crippen molar-refractivity contribution in [3.05, 3.63) is 35.4 Å². The van der Waals surface area contributed by atoms with Gasteiger partial charge in [0, 0.05) is 11.6 Å². The number of rotatable bonds is 9. The number of aliphatic hydroxyl groups is 1. The Morgan fingerprint density at radius 3 is 2.40 bits per heavy atom. The van der Waals surface area contributed by atoms with Crippen LogP contribution in [0.25, 0.3) is 0 Å². The van der Waals surface area contributed by atoms with Gasteiger partial charge in [0.1, 0.15) is 24.2 Å². The monoisotopic (exact) mass is 487 g/mol. The fraction of sp³-hybridized carbons (Fsp3) is 0.520. The lowest BCUT2D eigenvalue weighted by molar-refractivity contribution is -0.149. The third-order valence-corrected chi connectivity index (χ3v) is 5.47. The van der Waals surface area contributed by atoms with Gasteiger partial charge in [-0.05, 0) is 51.7 Å². The number of terminal acetylenes is 1. The Kier molecular flexibility index (Phi) is 9.66. The van der Waals surface area contributed by atoms with Gasteiger partial charge in [-0.3, -0.25) is 14.4 Å². The van der Waals surface area contributed by atoms with Crippen molar-refractivity contribution in [2.45, 2.75) is 63.8 Å². The predicted octanol–water partition coefficient (Wildman–Crippen LogP) is 1.26. The molecule has 0 radical (unpaired) electrons. The molecule has 0 spiro atoms. The zero-order valence-electron chi connectivity index (χ0n) is 20.5. The van der Waals surface area contributed by atoms with E-state index in [1.54, 1.807) is 45.0 Å². The number of carbonyl (C=O) groups excluding carboxylic acids is 4. The van der Waals surface area contributed by atoms with Crippen molar-refractivity contribution >= 4 is 23.9 Å². The normalized spacial score (nSPS) is 15.0. The van der Waals surface area contributed by atoms with Gasteiger partial charge in [-0.2, -0.15) is 0 Å². The Bertz CT molecular complexity index is 976. The topological polar surface area (TPSA) is 134 Å². The quantitative estimate of drug-likeness (QED) is 0.353. The first kappa shape index (κ1) is 27.7. The van der Waals surface area contributed by atoms with Crippen LogP contribution in [0.2, 0.25) is 0 Å². The van der Waals surface area contributed by atoms with Crippen LogP contribution in [0.3, 0.4) is 0 Å². The lowest BCUT2D eigenvalue weighted by atomic mass is 9.87. The van der Waals surface area contributed by atoms with Crippen LogP contribution >= 0.6 is 0 Å². The van der Waals surface area contributed by atoms with Gasteiger partial charge in [-0.1, -0.05) is 24.1 Å². The van der Waals surface area contributed by atoms with Gasteiger partial charge in [0.05, 0.1) is 13.7 Å². The highest BCUT2D eigenvalue weighted by atomic mass is 16.6. The summed E-state index contributed by atoms with van der Waals surface area (Å²) in [6.45, 7) is 3.88. The first-order valence-electron chi connectivity index (χ1n) is 11.3. The molecule has 1 aliphatic carbocycles. The van der Waals surface area contributed by atoms with E-state index in [0.29, 0.717) is 24.0 Å². The molecule has 35 heavy (non-hydrogen) atoms. The summed E-state index contributed by atoms with van der Waals surface area (Å²) in [7, 11) is 1.19. The van der Waals surface area contributed by atoms with Gasteiger partial charge in [-0.25, -0.2) is 4.79 Å². The van der Waals surface area contributed by atoms with Crippen molar-refractivity contribution in [1.82, 2.24) is 15.5 Å². The van der Waals surface area contributed by atoms with Crippen molar-refractivity contribution in [2.75, 3.05) is 20.3 Å². The molecule has 1 aliphatic rings. The number of amides is 3. The molecule has 2 atom stereocenters. The Morgan fingerprint density at radius 1 is 1.23 bits per heavy atom. The van der Waals surface area contributed by atoms with Crippen LogP contribution < -0.4 is 10.6 Å². The Hall–Kier alpha value is -3.58. The second-order valence-electron chi connectivity index (χ2n) is 9.14. The van der Waals surface area contributed by atoms with Gasteiger partial charge in [0.15, 0.2) is 0 Å². The van der Waals surface area contributed by atoms with E-state index in [-0.39, 0.29) is 6.04 Å². The van der Waals surface area contributed by atoms with Crippen LogP contribution in [0.5, 0.6) is 0 Å². The molecule has 3 amide bonds. The molecule has 0 saturated heterocycles. The molecule has 2 unspecified atom stereocenters. The minimum Gasteiger partial charge on any atom is -0.468 e. The number of aliphatic hydroxyl groups excluding tert-OH is 1. The Labute approximate surface area is 205 Å². The minimum absolute atomic E-state index is 0.336. The fourth-order valence-corrected chi connectivity index (χ4v) is 3.61. The Morgan fingerprint density at radius 2 is 1.89 bits per heavy atom. The van der Waals surface area contributed by atoms with Crippen molar-refractivity contribution in [1.29, 1.82) is 0 Å². The lowest BCUT2D eigenvalue weighted by Gasteiger charge is -2.43. The third-order valence-electron chi connectivity index (χ3n) is 5.47. The van der Waals surface area contributed by atoms with Crippen molar-refractivity contribution < 1.29 is 33.8 Å². The van der Waals surface area contributed by atoms with Gasteiger partial charge < -0.3 is 30.1 Å². The van der Waals surface area contributed by atoms with E-state index in [1.165, 1.54) is 12.0 Å². The summed E-state index contributed by atoms with van der Waals surface area (Å²) in [5.74, 6) is 0.546. The van der Waals surface area contributed by atoms with Crippen molar-refractivity contribution in [3.8, 4) is 12.3 Å². The van der Waals surface area contributed by atoms with E-state index < -0.39 is 54.7 Å². The maximum atomic E-state index is 13.7. The van der Waals surface area contributed by atoms with E-state index in [2.05, 4.69) is 21.3 Å². The van der Waals surface area contributed by atoms with E-state index >= 15 is 0 Å². The molecule has 10 nitrogen and oxygen atoms in total. The van der Waals surface area contributed by atoms with Crippen LogP contribution in [0.15, 0.2) is 24.3 Å². The number of esters is 1. The minimum atomic E-state index is -1.36. The van der Waals surface area contributed by atoms with Gasteiger partial charge in [0.25, 0.3) is 0 Å². The molecule has 1 fully saturated rings. The van der Waals surface area contributed by atoms with E-state index in [9.17, 15) is 24.3 Å². The molecule has 1 saturated carbocycles. The highest BCUT2D eigenvalue weighted by Crippen LogP contribution is 2.34. The maximum Gasteiger partial charge on any atom is 0.408 e. The number of benzene rings is 1. The summed E-state index contributed by atoms with van der Waals surface area (Å²) in [5.41, 5.74) is -0.0434. The molecular formula is C25H33N3O7. The Balaban J connectivity index is 2.47. The number of alkyl carbamates (subject to hydrolysis) is 1. The number of nitrogens with zero attached hydrogens (tertiary/aromatic N) is 1. The van der Waals surface area contributed by atoms with Crippen molar-refractivity contribution in [2.24, 2.45) is 0 Å². The van der Waals surface area contributed by atoms with Crippen LogP contribution in [0.1, 0.15) is 57.2 Å². The van der Waals surface area contributed by atoms with Crippen LogP contribution in [-0.2, 0) is 23.9 Å². The number of hydrogen-bond acceptors (Lipinski definition) is 7. The third kappa shape index (κ3) is 7.45. The average molecular weight is 488 g/mol. The van der Waals surface area contributed by atoms with Gasteiger partial charge in [-0.15, -0.1) is 6.42 Å². The molecular weight excluding hydrogens is 454 g/mol. The first-order chi connectivity index (χ1) is 16.5. The highest BCUT2D eigenvalue weighted by molar-refractivity contribution is 5.94. The predicted molar refractivity (Wildman–Crippen MR) is 127 cm³/mol. The largest absolute Gasteiger partial charge is 0.468 e. The molecule has 0 aromatic heterocycles. The summed E-state index contributed by atoms with van der Waals surface area (Å²) >= 11 is 0. The number of nitrogens with one attached hydrogen (secondary N) is 2. The summed E-state index contributed by atoms with van der Waals surface area (Å²) in [6.07, 6.45) is 6.87. The molecule has 0 aliphatic heterocycles. The maximum absolute atomic E-state index is 13.7. The van der Waals surface area contributed by atoms with E-state index in [0.717, 1.165) is 6.42 Å².